The minimum atomic E-state index is -0.528. The van der Waals surface area contributed by atoms with Gasteiger partial charge in [0.2, 0.25) is 0 Å². The van der Waals surface area contributed by atoms with E-state index in [0.29, 0.717) is 43.1 Å². The Morgan fingerprint density at radius 3 is 2.74 bits per heavy atom. The molecular formula is C18H26N4O5. The van der Waals surface area contributed by atoms with E-state index in [1.165, 1.54) is 4.57 Å². The van der Waals surface area contributed by atoms with Crippen LogP contribution in [0, 0.1) is 0 Å². The van der Waals surface area contributed by atoms with Crippen LogP contribution in [0.1, 0.15) is 51.8 Å². The molecule has 1 atom stereocenters. The zero-order valence-electron chi connectivity index (χ0n) is 15.8. The van der Waals surface area contributed by atoms with E-state index in [0.717, 1.165) is 25.7 Å². The zero-order valence-corrected chi connectivity index (χ0v) is 15.8. The largest absolute Gasteiger partial charge is 0.456 e. The fourth-order valence-electron chi connectivity index (χ4n) is 3.31. The number of esters is 1. The fourth-order valence-corrected chi connectivity index (χ4v) is 3.31. The van der Waals surface area contributed by atoms with E-state index >= 15 is 0 Å². The number of ether oxygens (including phenoxy) is 2. The molecule has 0 amide bonds. The summed E-state index contributed by atoms with van der Waals surface area (Å²) in [6.45, 7) is 5.52. The van der Waals surface area contributed by atoms with Crippen molar-refractivity contribution < 1.29 is 14.3 Å². The van der Waals surface area contributed by atoms with Crippen molar-refractivity contribution in [3.05, 3.63) is 26.7 Å². The van der Waals surface area contributed by atoms with Crippen LogP contribution in [0.25, 0.3) is 11.2 Å². The third kappa shape index (κ3) is 3.97. The number of aryl methyl sites for hydroxylation is 2. The highest BCUT2D eigenvalue weighted by Crippen LogP contribution is 2.17. The van der Waals surface area contributed by atoms with Crippen LogP contribution in [-0.2, 0) is 34.0 Å². The van der Waals surface area contributed by atoms with Crippen molar-refractivity contribution in [1.82, 2.24) is 19.1 Å². The van der Waals surface area contributed by atoms with Gasteiger partial charge in [0.15, 0.2) is 17.3 Å². The van der Waals surface area contributed by atoms with Crippen LogP contribution in [-0.4, -0.2) is 37.8 Å². The number of hydrogen-bond donors (Lipinski definition) is 1. The van der Waals surface area contributed by atoms with Crippen molar-refractivity contribution in [2.45, 2.75) is 71.8 Å². The average molecular weight is 378 g/mol. The lowest BCUT2D eigenvalue weighted by molar-refractivity contribution is -0.155. The Kier molecular flexibility index (Phi) is 6.10. The Hall–Kier alpha value is -2.42. The molecule has 2 aromatic heterocycles. The molecule has 1 saturated heterocycles. The van der Waals surface area contributed by atoms with Crippen molar-refractivity contribution in [2.75, 3.05) is 6.61 Å². The Bertz CT molecular complexity index is 920. The molecule has 2 aromatic rings. The number of nitrogens with zero attached hydrogens (tertiary/aromatic N) is 3. The van der Waals surface area contributed by atoms with E-state index in [4.69, 9.17) is 9.47 Å². The summed E-state index contributed by atoms with van der Waals surface area (Å²) in [6, 6.07) is 0. The molecule has 1 unspecified atom stereocenters. The first kappa shape index (κ1) is 19.3. The monoisotopic (exact) mass is 378 g/mol. The highest BCUT2D eigenvalue weighted by atomic mass is 16.6. The standard InChI is InChI=1S/C18H26N4O5/c1-3-5-9-22-15-14(16(23)20-18(22)25)21(8-4-2)13(19-15)11-27-17(24)12-7-6-10-26-12/h12H,3-11H2,1-2H3,(H,20,23,25). The van der Waals surface area contributed by atoms with Gasteiger partial charge in [-0.3, -0.25) is 14.3 Å². The second kappa shape index (κ2) is 8.51. The van der Waals surface area contributed by atoms with Crippen LogP contribution < -0.4 is 11.2 Å². The number of H-pyrrole nitrogens is 1. The van der Waals surface area contributed by atoms with E-state index in [2.05, 4.69) is 9.97 Å². The summed E-state index contributed by atoms with van der Waals surface area (Å²) in [6.07, 6.45) is 3.44. The molecule has 1 aliphatic rings. The van der Waals surface area contributed by atoms with Gasteiger partial charge in [-0.05, 0) is 25.7 Å². The molecule has 9 nitrogen and oxygen atoms in total. The quantitative estimate of drug-likeness (QED) is 0.694. The van der Waals surface area contributed by atoms with Crippen molar-refractivity contribution >= 4 is 17.1 Å². The highest BCUT2D eigenvalue weighted by molar-refractivity contribution is 5.75. The smallest absolute Gasteiger partial charge is 0.335 e. The molecule has 3 rings (SSSR count). The van der Waals surface area contributed by atoms with Gasteiger partial charge in [-0.1, -0.05) is 20.3 Å². The Balaban J connectivity index is 1.97. The number of aromatic nitrogens is 4. The fraction of sp³-hybridized carbons (Fsp3) is 0.667. The predicted octanol–water partition coefficient (Wildman–Crippen LogP) is 1.32. The molecule has 0 saturated carbocycles. The van der Waals surface area contributed by atoms with Crippen LogP contribution >= 0.6 is 0 Å². The summed E-state index contributed by atoms with van der Waals surface area (Å²) in [5.41, 5.74) is -0.255. The molecule has 9 heteroatoms. The normalized spacial score (nSPS) is 16.9. The Morgan fingerprint density at radius 1 is 1.26 bits per heavy atom. The number of carbonyl (C=O) groups excluding carboxylic acids is 1. The predicted molar refractivity (Wildman–Crippen MR) is 98.6 cm³/mol. The maximum atomic E-state index is 12.4. The topological polar surface area (TPSA) is 108 Å². The first-order valence-electron chi connectivity index (χ1n) is 9.57. The minimum Gasteiger partial charge on any atom is -0.456 e. The summed E-state index contributed by atoms with van der Waals surface area (Å²) in [7, 11) is 0. The number of unbranched alkanes of at least 4 members (excludes halogenated alkanes) is 1. The number of nitrogens with one attached hydrogen (secondary N) is 1. The lowest BCUT2D eigenvalue weighted by atomic mass is 10.2. The van der Waals surface area contributed by atoms with Crippen LogP contribution in [0.5, 0.6) is 0 Å². The summed E-state index contributed by atoms with van der Waals surface area (Å²) in [4.78, 5) is 43.7. The van der Waals surface area contributed by atoms with E-state index in [1.54, 1.807) is 4.57 Å². The molecule has 0 bridgehead atoms. The SMILES string of the molecule is CCCCn1c(=O)[nH]c(=O)c2c1nc(COC(=O)C1CCCO1)n2CCC. The van der Waals surface area contributed by atoms with Gasteiger partial charge in [0.1, 0.15) is 12.4 Å². The van der Waals surface area contributed by atoms with Crippen LogP contribution in [0.15, 0.2) is 9.59 Å². The van der Waals surface area contributed by atoms with Gasteiger partial charge < -0.3 is 14.0 Å². The number of rotatable bonds is 8. The van der Waals surface area contributed by atoms with E-state index < -0.39 is 23.3 Å². The van der Waals surface area contributed by atoms with Crippen LogP contribution in [0.3, 0.4) is 0 Å². The molecule has 1 aliphatic heterocycles. The van der Waals surface area contributed by atoms with E-state index in [1.807, 2.05) is 13.8 Å². The summed E-state index contributed by atoms with van der Waals surface area (Å²) < 4.78 is 13.9. The van der Waals surface area contributed by atoms with Crippen LogP contribution in [0.4, 0.5) is 0 Å². The average Bonchev–Trinajstić information content (AvgIpc) is 3.29. The molecule has 0 aliphatic carbocycles. The lowest BCUT2D eigenvalue weighted by Gasteiger charge is -2.11. The minimum absolute atomic E-state index is 0.0607. The molecule has 0 radical (unpaired) electrons. The van der Waals surface area contributed by atoms with Gasteiger partial charge in [-0.2, -0.15) is 0 Å². The zero-order chi connectivity index (χ0) is 19.4. The number of imidazole rings is 1. The molecule has 27 heavy (non-hydrogen) atoms. The Morgan fingerprint density at radius 2 is 2.07 bits per heavy atom. The van der Waals surface area contributed by atoms with Gasteiger partial charge >= 0.3 is 11.7 Å². The molecule has 0 aromatic carbocycles. The maximum Gasteiger partial charge on any atom is 0.335 e. The third-order valence-electron chi connectivity index (χ3n) is 4.68. The molecule has 0 spiro atoms. The molecule has 3 heterocycles. The first-order valence-corrected chi connectivity index (χ1v) is 9.57. The van der Waals surface area contributed by atoms with Gasteiger partial charge in [0.05, 0.1) is 0 Å². The summed E-state index contributed by atoms with van der Waals surface area (Å²) in [5, 5.41) is 0. The number of hydrogen-bond acceptors (Lipinski definition) is 6. The second-order valence-corrected chi connectivity index (χ2v) is 6.73. The summed E-state index contributed by atoms with van der Waals surface area (Å²) >= 11 is 0. The first-order chi connectivity index (χ1) is 13.1. The molecule has 148 valence electrons. The maximum absolute atomic E-state index is 12.4. The summed E-state index contributed by atoms with van der Waals surface area (Å²) in [5.74, 6) is 0.0411. The molecular weight excluding hydrogens is 352 g/mol. The number of carbonyl (C=O) groups is 1. The molecule has 1 fully saturated rings. The molecule has 1 N–H and O–H groups in total. The van der Waals surface area contributed by atoms with Crippen molar-refractivity contribution in [1.29, 1.82) is 0 Å². The van der Waals surface area contributed by atoms with Crippen molar-refractivity contribution in [3.8, 4) is 0 Å². The third-order valence-corrected chi connectivity index (χ3v) is 4.68. The van der Waals surface area contributed by atoms with E-state index in [9.17, 15) is 14.4 Å². The van der Waals surface area contributed by atoms with Gasteiger partial charge in [0.25, 0.3) is 5.56 Å². The van der Waals surface area contributed by atoms with Gasteiger partial charge in [-0.25, -0.2) is 14.6 Å². The highest BCUT2D eigenvalue weighted by Gasteiger charge is 2.26. The Labute approximate surface area is 156 Å². The van der Waals surface area contributed by atoms with Crippen LogP contribution in [0.2, 0.25) is 0 Å². The van der Waals surface area contributed by atoms with Crippen molar-refractivity contribution in [3.63, 3.8) is 0 Å². The lowest BCUT2D eigenvalue weighted by Crippen LogP contribution is -2.31. The number of aromatic amines is 1. The number of fused-ring (bicyclic) bond motifs is 1. The van der Waals surface area contributed by atoms with Gasteiger partial charge in [0, 0.05) is 19.7 Å². The van der Waals surface area contributed by atoms with Crippen molar-refractivity contribution in [2.24, 2.45) is 0 Å². The second-order valence-electron chi connectivity index (χ2n) is 6.73. The van der Waals surface area contributed by atoms with Gasteiger partial charge in [-0.15, -0.1) is 0 Å². The van der Waals surface area contributed by atoms with E-state index in [-0.39, 0.29) is 6.61 Å².